The van der Waals surface area contributed by atoms with Crippen LogP contribution >= 0.6 is 0 Å². The maximum atomic E-state index is 4.21. The van der Waals surface area contributed by atoms with E-state index in [1.807, 2.05) is 49.6 Å². The molecule has 1 aromatic heterocycles. The molecule has 3 nitrogen and oxygen atoms in total. The van der Waals surface area contributed by atoms with Gasteiger partial charge in [0.2, 0.25) is 0 Å². The maximum Gasteiger partial charge on any atom is 0.0568 e. The zero-order valence-corrected chi connectivity index (χ0v) is 10.2. The molecular formula is C14H17N3. The lowest BCUT2D eigenvalue weighted by Gasteiger charge is -2.13. The monoisotopic (exact) mass is 227 g/mol. The second-order valence-corrected chi connectivity index (χ2v) is 4.17. The summed E-state index contributed by atoms with van der Waals surface area (Å²) < 4.78 is 0. The molecule has 1 heterocycles. The Morgan fingerprint density at radius 1 is 1.12 bits per heavy atom. The Labute approximate surface area is 102 Å². The van der Waals surface area contributed by atoms with Crippen LogP contribution in [0.1, 0.15) is 5.56 Å². The number of rotatable bonds is 4. The topological polar surface area (TPSA) is 28.2 Å². The van der Waals surface area contributed by atoms with E-state index in [0.29, 0.717) is 0 Å². The smallest absolute Gasteiger partial charge is 0.0568 e. The van der Waals surface area contributed by atoms with Crippen LogP contribution in [0.4, 0.5) is 11.4 Å². The van der Waals surface area contributed by atoms with E-state index in [1.165, 1.54) is 5.56 Å². The number of hydrogen-bond donors (Lipinski definition) is 1. The molecule has 0 saturated heterocycles. The van der Waals surface area contributed by atoms with Gasteiger partial charge in [-0.15, -0.1) is 0 Å². The van der Waals surface area contributed by atoms with Gasteiger partial charge in [0.1, 0.15) is 0 Å². The summed E-state index contributed by atoms with van der Waals surface area (Å²) in [5, 5.41) is 3.37. The van der Waals surface area contributed by atoms with Gasteiger partial charge in [-0.25, -0.2) is 0 Å². The molecule has 1 N–H and O–H groups in total. The molecule has 17 heavy (non-hydrogen) atoms. The molecule has 2 aromatic rings. The standard InChI is InChI=1S/C14H17N3/c1-17(2)14-8-13(10-15-11-14)16-9-12-6-4-3-5-7-12/h3-8,10-11,16H,9H2,1-2H3. The van der Waals surface area contributed by atoms with Crippen molar-refractivity contribution < 1.29 is 0 Å². The van der Waals surface area contributed by atoms with Crippen LogP contribution in [-0.2, 0) is 6.54 Å². The van der Waals surface area contributed by atoms with E-state index in [2.05, 4.69) is 28.5 Å². The molecule has 0 amide bonds. The van der Waals surface area contributed by atoms with Crippen molar-refractivity contribution in [3.8, 4) is 0 Å². The first kappa shape index (κ1) is 11.5. The summed E-state index contributed by atoms with van der Waals surface area (Å²) in [7, 11) is 4.02. The molecule has 0 aliphatic heterocycles. The van der Waals surface area contributed by atoms with E-state index in [-0.39, 0.29) is 0 Å². The summed E-state index contributed by atoms with van der Waals surface area (Å²) in [6.45, 7) is 0.819. The minimum Gasteiger partial charge on any atom is -0.380 e. The summed E-state index contributed by atoms with van der Waals surface area (Å²) >= 11 is 0. The van der Waals surface area contributed by atoms with Crippen molar-refractivity contribution in [2.45, 2.75) is 6.54 Å². The molecule has 0 aliphatic carbocycles. The van der Waals surface area contributed by atoms with Crippen LogP contribution < -0.4 is 10.2 Å². The molecule has 0 fully saturated rings. The molecule has 0 unspecified atom stereocenters. The molecule has 0 atom stereocenters. The van der Waals surface area contributed by atoms with Gasteiger partial charge in [-0.2, -0.15) is 0 Å². The minimum atomic E-state index is 0.819. The largest absolute Gasteiger partial charge is 0.380 e. The molecule has 3 heteroatoms. The fraction of sp³-hybridized carbons (Fsp3) is 0.214. The Hall–Kier alpha value is -2.03. The molecule has 2 rings (SSSR count). The fourth-order valence-corrected chi connectivity index (χ4v) is 1.57. The van der Waals surface area contributed by atoms with Crippen molar-refractivity contribution in [2.24, 2.45) is 0 Å². The van der Waals surface area contributed by atoms with Crippen LogP contribution in [0.5, 0.6) is 0 Å². The van der Waals surface area contributed by atoms with Gasteiger partial charge in [0.25, 0.3) is 0 Å². The maximum absolute atomic E-state index is 4.21. The number of pyridine rings is 1. The van der Waals surface area contributed by atoms with Crippen molar-refractivity contribution in [1.29, 1.82) is 0 Å². The lowest BCUT2D eigenvalue weighted by Crippen LogP contribution is -2.09. The highest BCUT2D eigenvalue weighted by atomic mass is 15.1. The van der Waals surface area contributed by atoms with Crippen LogP contribution in [0.25, 0.3) is 0 Å². The molecule has 0 bridgehead atoms. The Kier molecular flexibility index (Phi) is 3.60. The minimum absolute atomic E-state index is 0.819. The quantitative estimate of drug-likeness (QED) is 0.870. The van der Waals surface area contributed by atoms with Gasteiger partial charge in [-0.05, 0) is 11.6 Å². The lowest BCUT2D eigenvalue weighted by atomic mass is 10.2. The number of nitrogens with one attached hydrogen (secondary N) is 1. The zero-order chi connectivity index (χ0) is 12.1. The first-order valence-electron chi connectivity index (χ1n) is 5.66. The van der Waals surface area contributed by atoms with Crippen molar-refractivity contribution in [2.75, 3.05) is 24.3 Å². The summed E-state index contributed by atoms with van der Waals surface area (Å²) in [4.78, 5) is 6.26. The Morgan fingerprint density at radius 2 is 1.88 bits per heavy atom. The highest BCUT2D eigenvalue weighted by Gasteiger charge is 1.98. The normalized spacial score (nSPS) is 10.0. The van der Waals surface area contributed by atoms with Crippen molar-refractivity contribution in [3.05, 3.63) is 54.4 Å². The van der Waals surface area contributed by atoms with Gasteiger partial charge in [-0.1, -0.05) is 30.3 Å². The van der Waals surface area contributed by atoms with E-state index < -0.39 is 0 Å². The van der Waals surface area contributed by atoms with E-state index >= 15 is 0 Å². The fourth-order valence-electron chi connectivity index (χ4n) is 1.57. The first-order chi connectivity index (χ1) is 8.25. The predicted octanol–water partition coefficient (Wildman–Crippen LogP) is 2.76. The Morgan fingerprint density at radius 3 is 2.59 bits per heavy atom. The van der Waals surface area contributed by atoms with Crippen LogP contribution in [0.2, 0.25) is 0 Å². The third-order valence-electron chi connectivity index (χ3n) is 2.58. The third-order valence-corrected chi connectivity index (χ3v) is 2.58. The first-order valence-corrected chi connectivity index (χ1v) is 5.66. The molecule has 0 saturated carbocycles. The molecule has 0 aliphatic rings. The van der Waals surface area contributed by atoms with Crippen molar-refractivity contribution in [1.82, 2.24) is 4.98 Å². The molecule has 1 aromatic carbocycles. The van der Waals surface area contributed by atoms with E-state index in [1.54, 1.807) is 0 Å². The Balaban J connectivity index is 2.02. The summed E-state index contributed by atoms with van der Waals surface area (Å²) in [6.07, 6.45) is 3.70. The average Bonchev–Trinajstić information content (AvgIpc) is 2.38. The van der Waals surface area contributed by atoms with Gasteiger partial charge in [-0.3, -0.25) is 4.98 Å². The highest BCUT2D eigenvalue weighted by Crippen LogP contribution is 2.15. The number of hydrogen-bond acceptors (Lipinski definition) is 3. The second kappa shape index (κ2) is 5.34. The summed E-state index contributed by atoms with van der Waals surface area (Å²) in [6, 6.07) is 12.4. The van der Waals surface area contributed by atoms with Crippen LogP contribution in [-0.4, -0.2) is 19.1 Å². The van der Waals surface area contributed by atoms with E-state index in [4.69, 9.17) is 0 Å². The Bertz CT molecular complexity index is 466. The van der Waals surface area contributed by atoms with E-state index in [0.717, 1.165) is 17.9 Å². The SMILES string of the molecule is CN(C)c1cncc(NCc2ccccc2)c1. The molecule has 0 radical (unpaired) electrons. The van der Waals surface area contributed by atoms with Gasteiger partial charge < -0.3 is 10.2 Å². The van der Waals surface area contributed by atoms with Crippen molar-refractivity contribution >= 4 is 11.4 Å². The van der Waals surface area contributed by atoms with Crippen LogP contribution in [0, 0.1) is 0 Å². The molecular weight excluding hydrogens is 210 g/mol. The number of anilines is 2. The van der Waals surface area contributed by atoms with Gasteiger partial charge in [0.15, 0.2) is 0 Å². The molecule has 88 valence electrons. The lowest BCUT2D eigenvalue weighted by molar-refractivity contribution is 1.09. The summed E-state index contributed by atoms with van der Waals surface area (Å²) in [5.74, 6) is 0. The number of benzene rings is 1. The number of nitrogens with zero attached hydrogens (tertiary/aromatic N) is 2. The third kappa shape index (κ3) is 3.21. The predicted molar refractivity (Wildman–Crippen MR) is 72.3 cm³/mol. The van der Waals surface area contributed by atoms with Gasteiger partial charge in [0, 0.05) is 20.6 Å². The average molecular weight is 227 g/mol. The molecule has 0 spiro atoms. The zero-order valence-electron chi connectivity index (χ0n) is 10.2. The van der Waals surface area contributed by atoms with Crippen LogP contribution in [0.3, 0.4) is 0 Å². The highest BCUT2D eigenvalue weighted by molar-refractivity contribution is 5.54. The second-order valence-electron chi connectivity index (χ2n) is 4.17. The van der Waals surface area contributed by atoms with Gasteiger partial charge >= 0.3 is 0 Å². The van der Waals surface area contributed by atoms with E-state index in [9.17, 15) is 0 Å². The van der Waals surface area contributed by atoms with Gasteiger partial charge in [0.05, 0.1) is 23.8 Å². The number of aromatic nitrogens is 1. The van der Waals surface area contributed by atoms with Crippen molar-refractivity contribution in [3.63, 3.8) is 0 Å². The van der Waals surface area contributed by atoms with Crippen LogP contribution in [0.15, 0.2) is 48.8 Å². The summed E-state index contributed by atoms with van der Waals surface area (Å²) in [5.41, 5.74) is 3.41.